The van der Waals surface area contributed by atoms with Gasteiger partial charge in [0.25, 0.3) is 0 Å². The summed E-state index contributed by atoms with van der Waals surface area (Å²) in [5.74, 6) is -0.164. The molecule has 5 nitrogen and oxygen atoms in total. The number of nitrogens with zero attached hydrogens (tertiary/aromatic N) is 2. The molecule has 5 heteroatoms. The second-order valence-electron chi connectivity index (χ2n) is 6.55. The number of benzene rings is 2. The number of anilines is 3. The highest BCUT2D eigenvalue weighted by Crippen LogP contribution is 2.24. The van der Waals surface area contributed by atoms with E-state index in [0.29, 0.717) is 6.54 Å². The number of carbonyl (C=O) groups excluding carboxylic acids is 2. The fourth-order valence-corrected chi connectivity index (χ4v) is 3.25. The lowest BCUT2D eigenvalue weighted by molar-refractivity contribution is -0.117. The van der Waals surface area contributed by atoms with Crippen molar-refractivity contribution in [3.63, 3.8) is 0 Å². The predicted octanol–water partition coefficient (Wildman–Crippen LogP) is 3.67. The van der Waals surface area contributed by atoms with Gasteiger partial charge in [-0.25, -0.2) is 0 Å². The Labute approximate surface area is 154 Å². The van der Waals surface area contributed by atoms with Gasteiger partial charge in [-0.15, -0.1) is 0 Å². The largest absolute Gasteiger partial charge is 0.372 e. The molecule has 136 valence electrons. The molecule has 0 saturated carbocycles. The van der Waals surface area contributed by atoms with Crippen LogP contribution >= 0.6 is 0 Å². The maximum Gasteiger partial charge on any atom is 0.226 e. The highest BCUT2D eigenvalue weighted by atomic mass is 16.2. The molecule has 1 fully saturated rings. The third-order valence-corrected chi connectivity index (χ3v) is 4.63. The van der Waals surface area contributed by atoms with Gasteiger partial charge in [0, 0.05) is 50.0 Å². The quantitative estimate of drug-likeness (QED) is 0.864. The van der Waals surface area contributed by atoms with Crippen LogP contribution in [0.3, 0.4) is 0 Å². The minimum Gasteiger partial charge on any atom is -0.372 e. The summed E-state index contributed by atoms with van der Waals surface area (Å²) in [7, 11) is 0. The fourth-order valence-electron chi connectivity index (χ4n) is 3.25. The molecular weight excluding hydrogens is 326 g/mol. The maximum absolute atomic E-state index is 12.1. The lowest BCUT2D eigenvalue weighted by Gasteiger charge is -2.23. The number of amides is 2. The van der Waals surface area contributed by atoms with E-state index in [2.05, 4.69) is 22.3 Å². The van der Waals surface area contributed by atoms with E-state index in [1.54, 1.807) is 4.90 Å². The molecule has 0 radical (unpaired) electrons. The Balaban J connectivity index is 1.60. The zero-order chi connectivity index (χ0) is 18.4. The maximum atomic E-state index is 12.1. The van der Waals surface area contributed by atoms with Crippen molar-refractivity contribution in [3.05, 3.63) is 54.6 Å². The van der Waals surface area contributed by atoms with Crippen LogP contribution in [0.2, 0.25) is 0 Å². The highest BCUT2D eigenvalue weighted by molar-refractivity contribution is 5.94. The second-order valence-corrected chi connectivity index (χ2v) is 6.55. The first-order valence-corrected chi connectivity index (χ1v) is 9.11. The van der Waals surface area contributed by atoms with Gasteiger partial charge < -0.3 is 15.1 Å². The van der Waals surface area contributed by atoms with Crippen LogP contribution in [0.1, 0.15) is 26.2 Å². The van der Waals surface area contributed by atoms with E-state index in [1.807, 2.05) is 42.5 Å². The van der Waals surface area contributed by atoms with Crippen molar-refractivity contribution in [2.75, 3.05) is 34.8 Å². The Hall–Kier alpha value is -2.82. The number of para-hydroxylation sites is 1. The van der Waals surface area contributed by atoms with Crippen LogP contribution < -0.4 is 15.1 Å². The lowest BCUT2D eigenvalue weighted by Crippen LogP contribution is -2.32. The Morgan fingerprint density at radius 1 is 1.00 bits per heavy atom. The van der Waals surface area contributed by atoms with Gasteiger partial charge in [0.15, 0.2) is 0 Å². The monoisotopic (exact) mass is 351 g/mol. The van der Waals surface area contributed by atoms with Gasteiger partial charge >= 0.3 is 0 Å². The van der Waals surface area contributed by atoms with Crippen LogP contribution in [-0.2, 0) is 9.59 Å². The van der Waals surface area contributed by atoms with Crippen LogP contribution in [0.15, 0.2) is 54.6 Å². The first kappa shape index (κ1) is 18.0. The summed E-state index contributed by atoms with van der Waals surface area (Å²) >= 11 is 0. The Morgan fingerprint density at radius 3 is 2.27 bits per heavy atom. The van der Waals surface area contributed by atoms with Gasteiger partial charge in [0.05, 0.1) is 0 Å². The molecule has 2 aromatic carbocycles. The SMILES string of the molecule is CC(=O)N(CCC(=O)Nc1ccccc1)c1ccc(N2CCCC2)cc1. The third-order valence-electron chi connectivity index (χ3n) is 4.63. The van der Waals surface area contributed by atoms with Crippen LogP contribution in [0.25, 0.3) is 0 Å². The minimum atomic E-state index is -0.101. The van der Waals surface area contributed by atoms with Crippen molar-refractivity contribution >= 4 is 28.9 Å². The van der Waals surface area contributed by atoms with E-state index >= 15 is 0 Å². The Bertz CT molecular complexity index is 738. The third kappa shape index (κ3) is 4.63. The molecule has 1 aliphatic heterocycles. The summed E-state index contributed by atoms with van der Waals surface area (Å²) in [6.07, 6.45) is 2.72. The summed E-state index contributed by atoms with van der Waals surface area (Å²) in [6, 6.07) is 17.4. The van der Waals surface area contributed by atoms with Crippen molar-refractivity contribution in [1.29, 1.82) is 0 Å². The lowest BCUT2D eigenvalue weighted by atomic mass is 10.2. The number of hydrogen-bond donors (Lipinski definition) is 1. The van der Waals surface area contributed by atoms with Crippen LogP contribution in [-0.4, -0.2) is 31.4 Å². The molecule has 2 amide bonds. The van der Waals surface area contributed by atoms with Crippen molar-refractivity contribution in [1.82, 2.24) is 0 Å². The molecule has 3 rings (SSSR count). The number of nitrogens with one attached hydrogen (secondary N) is 1. The summed E-state index contributed by atoms with van der Waals surface area (Å²) in [5.41, 5.74) is 2.78. The topological polar surface area (TPSA) is 52.7 Å². The Morgan fingerprint density at radius 2 is 1.65 bits per heavy atom. The average Bonchev–Trinajstić information content (AvgIpc) is 3.18. The van der Waals surface area contributed by atoms with Crippen molar-refractivity contribution in [3.8, 4) is 0 Å². The molecule has 0 atom stereocenters. The normalized spacial score (nSPS) is 13.5. The van der Waals surface area contributed by atoms with Crippen molar-refractivity contribution < 1.29 is 9.59 Å². The second kappa shape index (κ2) is 8.52. The molecule has 0 spiro atoms. The predicted molar refractivity (Wildman–Crippen MR) is 106 cm³/mol. The van der Waals surface area contributed by atoms with Crippen molar-refractivity contribution in [2.45, 2.75) is 26.2 Å². The van der Waals surface area contributed by atoms with Crippen LogP contribution in [0, 0.1) is 0 Å². The zero-order valence-electron chi connectivity index (χ0n) is 15.1. The molecule has 0 bridgehead atoms. The van der Waals surface area contributed by atoms with E-state index in [-0.39, 0.29) is 18.2 Å². The molecular formula is C21H25N3O2. The number of carbonyl (C=O) groups is 2. The molecule has 0 aliphatic carbocycles. The molecule has 1 heterocycles. The van der Waals surface area contributed by atoms with Crippen molar-refractivity contribution in [2.24, 2.45) is 0 Å². The van der Waals surface area contributed by atoms with E-state index in [0.717, 1.165) is 24.5 Å². The van der Waals surface area contributed by atoms with Gasteiger partial charge in [0.1, 0.15) is 0 Å². The standard InChI is InChI=1S/C21H25N3O2/c1-17(25)24(16-13-21(26)22-18-7-3-2-4-8-18)20-11-9-19(10-12-20)23-14-5-6-15-23/h2-4,7-12H,5-6,13-16H2,1H3,(H,22,26). The van der Waals surface area contributed by atoms with Gasteiger partial charge in [0.2, 0.25) is 11.8 Å². The summed E-state index contributed by atoms with van der Waals surface area (Å²) in [6.45, 7) is 4.07. The van der Waals surface area contributed by atoms with Gasteiger partial charge in [-0.3, -0.25) is 9.59 Å². The summed E-state index contributed by atoms with van der Waals surface area (Å²) in [4.78, 5) is 28.2. The summed E-state index contributed by atoms with van der Waals surface area (Å²) in [5, 5.41) is 2.85. The number of hydrogen-bond acceptors (Lipinski definition) is 3. The molecule has 1 aliphatic rings. The highest BCUT2D eigenvalue weighted by Gasteiger charge is 2.16. The number of rotatable bonds is 6. The van der Waals surface area contributed by atoms with E-state index in [1.165, 1.54) is 25.5 Å². The van der Waals surface area contributed by atoms with E-state index in [9.17, 15) is 9.59 Å². The first-order chi connectivity index (χ1) is 12.6. The summed E-state index contributed by atoms with van der Waals surface area (Å²) < 4.78 is 0. The fraction of sp³-hybridized carbons (Fsp3) is 0.333. The molecule has 1 saturated heterocycles. The zero-order valence-corrected chi connectivity index (χ0v) is 15.1. The Kier molecular flexibility index (Phi) is 5.89. The van der Waals surface area contributed by atoms with E-state index in [4.69, 9.17) is 0 Å². The van der Waals surface area contributed by atoms with Crippen LogP contribution in [0.5, 0.6) is 0 Å². The molecule has 1 N–H and O–H groups in total. The molecule has 26 heavy (non-hydrogen) atoms. The first-order valence-electron chi connectivity index (χ1n) is 9.11. The van der Waals surface area contributed by atoms with Gasteiger partial charge in [-0.1, -0.05) is 18.2 Å². The average molecular weight is 351 g/mol. The van der Waals surface area contributed by atoms with Gasteiger partial charge in [-0.2, -0.15) is 0 Å². The molecule has 0 aromatic heterocycles. The molecule has 0 unspecified atom stereocenters. The van der Waals surface area contributed by atoms with Crippen LogP contribution in [0.4, 0.5) is 17.1 Å². The van der Waals surface area contributed by atoms with Gasteiger partial charge in [-0.05, 0) is 49.2 Å². The molecule has 2 aromatic rings. The minimum absolute atomic E-state index is 0.0635. The smallest absolute Gasteiger partial charge is 0.226 e. The van der Waals surface area contributed by atoms with E-state index < -0.39 is 0 Å².